The number of anilines is 1. The maximum absolute atomic E-state index is 13.4. The standard InChI is InChI=1S/C23H20FN3O2/c1-25-23(28)21-18-11-17(15-5-4-10-26-13-15)19(27(2)3)12-20(18)29-22(21)14-6-8-16(24)9-7-14/h4-13H,1-3H3,(H,25,28). The van der Waals surface area contributed by atoms with E-state index in [1.54, 1.807) is 31.6 Å². The van der Waals surface area contributed by atoms with Gasteiger partial charge in [0.25, 0.3) is 5.91 Å². The van der Waals surface area contributed by atoms with Crippen LogP contribution < -0.4 is 10.2 Å². The zero-order chi connectivity index (χ0) is 20.5. The predicted molar refractivity (Wildman–Crippen MR) is 113 cm³/mol. The fourth-order valence-electron chi connectivity index (χ4n) is 3.41. The number of carbonyl (C=O) groups is 1. The second-order valence-corrected chi connectivity index (χ2v) is 6.89. The van der Waals surface area contributed by atoms with Crippen LogP contribution in [0.15, 0.2) is 65.3 Å². The van der Waals surface area contributed by atoms with Crippen LogP contribution in [0.1, 0.15) is 10.4 Å². The van der Waals surface area contributed by atoms with E-state index in [4.69, 9.17) is 4.42 Å². The Morgan fingerprint density at radius 2 is 1.86 bits per heavy atom. The number of benzene rings is 2. The van der Waals surface area contributed by atoms with Gasteiger partial charge in [0.15, 0.2) is 0 Å². The van der Waals surface area contributed by atoms with Crippen LogP contribution in [0.4, 0.5) is 10.1 Å². The topological polar surface area (TPSA) is 58.4 Å². The highest BCUT2D eigenvalue weighted by molar-refractivity contribution is 6.12. The maximum atomic E-state index is 13.4. The summed E-state index contributed by atoms with van der Waals surface area (Å²) in [5.74, 6) is -0.203. The molecule has 29 heavy (non-hydrogen) atoms. The maximum Gasteiger partial charge on any atom is 0.255 e. The van der Waals surface area contributed by atoms with E-state index in [9.17, 15) is 9.18 Å². The van der Waals surface area contributed by atoms with Gasteiger partial charge in [0.05, 0.1) is 5.56 Å². The van der Waals surface area contributed by atoms with Gasteiger partial charge in [0.2, 0.25) is 0 Å². The summed E-state index contributed by atoms with van der Waals surface area (Å²) in [7, 11) is 5.47. The fourth-order valence-corrected chi connectivity index (χ4v) is 3.41. The van der Waals surface area contributed by atoms with Gasteiger partial charge < -0.3 is 14.6 Å². The number of aromatic nitrogens is 1. The molecule has 4 aromatic rings. The Morgan fingerprint density at radius 1 is 1.10 bits per heavy atom. The van der Waals surface area contributed by atoms with Crippen molar-refractivity contribution in [3.05, 3.63) is 72.3 Å². The third-order valence-electron chi connectivity index (χ3n) is 4.82. The molecule has 146 valence electrons. The van der Waals surface area contributed by atoms with Crippen molar-refractivity contribution in [2.24, 2.45) is 0 Å². The highest BCUT2D eigenvalue weighted by atomic mass is 19.1. The largest absolute Gasteiger partial charge is 0.455 e. The number of carbonyl (C=O) groups excluding carboxylic acids is 1. The van der Waals surface area contributed by atoms with Crippen LogP contribution in [0, 0.1) is 5.82 Å². The first-order valence-electron chi connectivity index (χ1n) is 9.16. The number of hydrogen-bond donors (Lipinski definition) is 1. The molecular weight excluding hydrogens is 369 g/mol. The van der Waals surface area contributed by atoms with E-state index in [2.05, 4.69) is 10.3 Å². The zero-order valence-electron chi connectivity index (χ0n) is 16.4. The molecule has 0 unspecified atom stereocenters. The van der Waals surface area contributed by atoms with Gasteiger partial charge in [-0.1, -0.05) is 6.07 Å². The molecule has 0 aliphatic heterocycles. The van der Waals surface area contributed by atoms with Crippen molar-refractivity contribution in [1.29, 1.82) is 0 Å². The molecule has 0 aliphatic carbocycles. The number of hydrogen-bond acceptors (Lipinski definition) is 4. The van der Waals surface area contributed by atoms with Crippen molar-refractivity contribution in [2.45, 2.75) is 0 Å². The summed E-state index contributed by atoms with van der Waals surface area (Å²) < 4.78 is 19.5. The van der Waals surface area contributed by atoms with Gasteiger partial charge >= 0.3 is 0 Å². The van der Waals surface area contributed by atoms with Crippen molar-refractivity contribution < 1.29 is 13.6 Å². The number of amides is 1. The Labute approximate surface area is 167 Å². The first-order valence-corrected chi connectivity index (χ1v) is 9.16. The van der Waals surface area contributed by atoms with E-state index >= 15 is 0 Å². The summed E-state index contributed by atoms with van der Waals surface area (Å²) in [6.45, 7) is 0. The van der Waals surface area contributed by atoms with Gasteiger partial charge in [0.1, 0.15) is 17.2 Å². The van der Waals surface area contributed by atoms with Crippen molar-refractivity contribution in [1.82, 2.24) is 10.3 Å². The third kappa shape index (κ3) is 3.33. The number of fused-ring (bicyclic) bond motifs is 1. The Bertz CT molecular complexity index is 1180. The van der Waals surface area contributed by atoms with E-state index in [0.29, 0.717) is 27.9 Å². The highest BCUT2D eigenvalue weighted by Crippen LogP contribution is 2.40. The Balaban J connectivity index is 2.04. The van der Waals surface area contributed by atoms with E-state index in [1.165, 1.54) is 12.1 Å². The molecule has 2 heterocycles. The van der Waals surface area contributed by atoms with Gasteiger partial charge in [-0.3, -0.25) is 9.78 Å². The summed E-state index contributed by atoms with van der Waals surface area (Å²) >= 11 is 0. The smallest absolute Gasteiger partial charge is 0.255 e. The molecule has 0 atom stereocenters. The van der Waals surface area contributed by atoms with Crippen LogP contribution in [0.5, 0.6) is 0 Å². The first kappa shape index (κ1) is 18.7. The lowest BCUT2D eigenvalue weighted by molar-refractivity contribution is 0.0964. The van der Waals surface area contributed by atoms with Gasteiger partial charge in [-0.15, -0.1) is 0 Å². The average Bonchev–Trinajstić information content (AvgIpc) is 3.11. The molecular formula is C23H20FN3O2. The summed E-state index contributed by atoms with van der Waals surface area (Å²) in [5, 5.41) is 3.37. The van der Waals surface area contributed by atoms with Crippen molar-refractivity contribution >= 4 is 22.6 Å². The van der Waals surface area contributed by atoms with Crippen molar-refractivity contribution in [3.8, 4) is 22.5 Å². The Kier molecular flexibility index (Phi) is 4.76. The lowest BCUT2D eigenvalue weighted by atomic mass is 9.99. The molecule has 0 radical (unpaired) electrons. The average molecular weight is 389 g/mol. The summed E-state index contributed by atoms with van der Waals surface area (Å²) in [6.07, 6.45) is 3.51. The first-order chi connectivity index (χ1) is 14.0. The Hall–Kier alpha value is -3.67. The molecule has 0 fully saturated rings. The van der Waals surface area contributed by atoms with Crippen LogP contribution in [0.3, 0.4) is 0 Å². The lowest BCUT2D eigenvalue weighted by Crippen LogP contribution is -2.18. The zero-order valence-corrected chi connectivity index (χ0v) is 16.4. The summed E-state index contributed by atoms with van der Waals surface area (Å²) in [4.78, 5) is 19.0. The molecule has 0 saturated heterocycles. The molecule has 1 amide bonds. The molecule has 2 aromatic carbocycles. The van der Waals surface area contributed by atoms with Gasteiger partial charge in [-0.05, 0) is 36.4 Å². The molecule has 6 heteroatoms. The normalized spacial score (nSPS) is 10.9. The summed E-state index contributed by atoms with van der Waals surface area (Å²) in [5.41, 5.74) is 4.45. The van der Waals surface area contributed by atoms with Crippen LogP contribution >= 0.6 is 0 Å². The molecule has 4 rings (SSSR count). The number of furan rings is 1. The minimum atomic E-state index is -0.347. The van der Waals surface area contributed by atoms with Crippen molar-refractivity contribution in [2.75, 3.05) is 26.0 Å². The van der Waals surface area contributed by atoms with Gasteiger partial charge in [-0.25, -0.2) is 4.39 Å². The van der Waals surface area contributed by atoms with E-state index in [0.717, 1.165) is 16.8 Å². The number of nitrogens with zero attached hydrogens (tertiary/aromatic N) is 2. The number of pyridine rings is 1. The molecule has 5 nitrogen and oxygen atoms in total. The number of nitrogens with one attached hydrogen (secondary N) is 1. The van der Waals surface area contributed by atoms with Crippen LogP contribution in [-0.2, 0) is 0 Å². The second-order valence-electron chi connectivity index (χ2n) is 6.89. The molecule has 2 aromatic heterocycles. The molecule has 0 spiro atoms. The van der Waals surface area contributed by atoms with Gasteiger partial charge in [0, 0.05) is 67.4 Å². The molecule has 0 bridgehead atoms. The third-order valence-corrected chi connectivity index (χ3v) is 4.82. The predicted octanol–water partition coefficient (Wildman–Crippen LogP) is 4.73. The number of halogens is 1. The number of rotatable bonds is 4. The van der Waals surface area contributed by atoms with Gasteiger partial charge in [-0.2, -0.15) is 0 Å². The van der Waals surface area contributed by atoms with E-state index in [-0.39, 0.29) is 11.7 Å². The van der Waals surface area contributed by atoms with Crippen LogP contribution in [0.25, 0.3) is 33.4 Å². The molecule has 0 saturated carbocycles. The monoisotopic (exact) mass is 389 g/mol. The second kappa shape index (κ2) is 7.39. The quantitative estimate of drug-likeness (QED) is 0.548. The van der Waals surface area contributed by atoms with E-state index in [1.807, 2.05) is 43.3 Å². The summed E-state index contributed by atoms with van der Waals surface area (Å²) in [6, 6.07) is 13.6. The molecule has 1 N–H and O–H groups in total. The highest BCUT2D eigenvalue weighted by Gasteiger charge is 2.23. The minimum Gasteiger partial charge on any atom is -0.455 e. The molecule has 0 aliphatic rings. The fraction of sp³-hybridized carbons (Fsp3) is 0.130. The SMILES string of the molecule is CNC(=O)c1c(-c2ccc(F)cc2)oc2cc(N(C)C)c(-c3cccnc3)cc12. The van der Waals surface area contributed by atoms with Crippen LogP contribution in [-0.4, -0.2) is 32.0 Å². The van der Waals surface area contributed by atoms with Crippen LogP contribution in [0.2, 0.25) is 0 Å². The Morgan fingerprint density at radius 3 is 2.48 bits per heavy atom. The lowest BCUT2D eigenvalue weighted by Gasteiger charge is -2.17. The van der Waals surface area contributed by atoms with E-state index < -0.39 is 0 Å². The van der Waals surface area contributed by atoms with Crippen molar-refractivity contribution in [3.63, 3.8) is 0 Å². The minimum absolute atomic E-state index is 0.266.